The molecule has 0 bridgehead atoms. The minimum atomic E-state index is 0.284. The van der Waals surface area contributed by atoms with E-state index < -0.39 is 0 Å². The Balaban J connectivity index is 1.41. The lowest BCUT2D eigenvalue weighted by molar-refractivity contribution is 0.255. The van der Waals surface area contributed by atoms with Gasteiger partial charge in [0.15, 0.2) is 0 Å². The summed E-state index contributed by atoms with van der Waals surface area (Å²) < 4.78 is 11.5. The fourth-order valence-corrected chi connectivity index (χ4v) is 4.68. The van der Waals surface area contributed by atoms with Crippen LogP contribution in [0.1, 0.15) is 28.4 Å². The molecule has 0 atom stereocenters. The molecule has 0 aliphatic carbocycles. The molecule has 3 heteroatoms. The van der Waals surface area contributed by atoms with Crippen LogP contribution in [0.5, 0.6) is 5.75 Å². The van der Waals surface area contributed by atoms with Gasteiger partial charge < -0.3 is 9.15 Å². The smallest absolute Gasteiger partial charge is 0.134 e. The summed E-state index contributed by atoms with van der Waals surface area (Å²) in [5, 5.41) is 1.16. The van der Waals surface area contributed by atoms with Gasteiger partial charge in [-0.2, -0.15) is 0 Å². The first-order valence-electron chi connectivity index (χ1n) is 12.2. The third-order valence-electron chi connectivity index (χ3n) is 6.56. The number of benzene rings is 4. The lowest BCUT2D eigenvalue weighted by Gasteiger charge is -2.28. The fourth-order valence-electron chi connectivity index (χ4n) is 4.68. The Morgan fingerprint density at radius 2 is 1.37 bits per heavy atom. The molecular weight excluding hydrogens is 430 g/mol. The van der Waals surface area contributed by atoms with Gasteiger partial charge in [-0.25, -0.2) is 0 Å². The second-order valence-electron chi connectivity index (χ2n) is 8.96. The molecule has 176 valence electrons. The van der Waals surface area contributed by atoms with Crippen LogP contribution >= 0.6 is 0 Å². The molecular formula is C32H31NO2. The van der Waals surface area contributed by atoms with Gasteiger partial charge in [-0.1, -0.05) is 91.0 Å². The minimum Gasteiger partial charge on any atom is -0.497 e. The Hall–Kier alpha value is -3.82. The van der Waals surface area contributed by atoms with Gasteiger partial charge in [0.2, 0.25) is 0 Å². The summed E-state index contributed by atoms with van der Waals surface area (Å²) in [6.07, 6.45) is 0.862. The Labute approximate surface area is 207 Å². The molecule has 3 nitrogen and oxygen atoms in total. The molecule has 1 aromatic heterocycles. The standard InChI is InChI=1S/C32H31NO2/c1-34-29-18-16-25(17-19-29)23-33(21-20-30-22-28-14-8-9-15-32(28)35-30)24-31(26-10-4-2-5-11-26)27-12-6-3-7-13-27/h2-19,22,31H,20-21,23-24H2,1H3. The molecule has 0 aliphatic heterocycles. The fraction of sp³-hybridized carbons (Fsp3) is 0.188. The van der Waals surface area contributed by atoms with E-state index in [4.69, 9.17) is 9.15 Å². The highest BCUT2D eigenvalue weighted by atomic mass is 16.5. The van der Waals surface area contributed by atoms with Gasteiger partial charge in [0.05, 0.1) is 7.11 Å². The van der Waals surface area contributed by atoms with E-state index in [1.165, 1.54) is 16.7 Å². The van der Waals surface area contributed by atoms with Crippen molar-refractivity contribution in [2.24, 2.45) is 0 Å². The summed E-state index contributed by atoms with van der Waals surface area (Å²) >= 11 is 0. The summed E-state index contributed by atoms with van der Waals surface area (Å²) in [6, 6.07) is 40.5. The summed E-state index contributed by atoms with van der Waals surface area (Å²) in [7, 11) is 1.71. The highest BCUT2D eigenvalue weighted by Crippen LogP contribution is 2.27. The lowest BCUT2D eigenvalue weighted by atomic mass is 9.90. The number of ether oxygens (including phenoxy) is 1. The van der Waals surface area contributed by atoms with Gasteiger partial charge in [-0.3, -0.25) is 4.90 Å². The molecule has 0 fully saturated rings. The van der Waals surface area contributed by atoms with E-state index in [0.29, 0.717) is 0 Å². The van der Waals surface area contributed by atoms with Crippen LogP contribution in [0.25, 0.3) is 11.0 Å². The maximum absolute atomic E-state index is 6.13. The van der Waals surface area contributed by atoms with Crippen LogP contribution in [0, 0.1) is 0 Å². The Bertz CT molecular complexity index is 1250. The van der Waals surface area contributed by atoms with E-state index in [2.05, 4.69) is 95.9 Å². The van der Waals surface area contributed by atoms with Gasteiger partial charge in [0.25, 0.3) is 0 Å². The van der Waals surface area contributed by atoms with Crippen molar-refractivity contribution in [2.75, 3.05) is 20.2 Å². The minimum absolute atomic E-state index is 0.284. The van der Waals surface area contributed by atoms with Crippen molar-refractivity contribution < 1.29 is 9.15 Å². The monoisotopic (exact) mass is 461 g/mol. The van der Waals surface area contributed by atoms with E-state index >= 15 is 0 Å². The lowest BCUT2D eigenvalue weighted by Crippen LogP contribution is -2.31. The number of hydrogen-bond acceptors (Lipinski definition) is 3. The molecule has 0 N–H and O–H groups in total. The van der Waals surface area contributed by atoms with Crippen LogP contribution < -0.4 is 4.74 Å². The van der Waals surface area contributed by atoms with E-state index in [-0.39, 0.29) is 5.92 Å². The molecule has 0 saturated carbocycles. The quantitative estimate of drug-likeness (QED) is 0.218. The number of methoxy groups -OCH3 is 1. The van der Waals surface area contributed by atoms with Crippen molar-refractivity contribution in [2.45, 2.75) is 18.9 Å². The maximum Gasteiger partial charge on any atom is 0.134 e. The van der Waals surface area contributed by atoms with Crippen molar-refractivity contribution >= 4 is 11.0 Å². The summed E-state index contributed by atoms with van der Waals surface area (Å²) in [6.45, 7) is 2.68. The van der Waals surface area contributed by atoms with Crippen LogP contribution in [0.3, 0.4) is 0 Å². The maximum atomic E-state index is 6.13. The van der Waals surface area contributed by atoms with Gasteiger partial charge in [-0.15, -0.1) is 0 Å². The Kier molecular flexibility index (Phi) is 7.26. The van der Waals surface area contributed by atoms with Gasteiger partial charge in [0, 0.05) is 37.4 Å². The van der Waals surface area contributed by atoms with Crippen LogP contribution in [0.15, 0.2) is 120 Å². The topological polar surface area (TPSA) is 25.6 Å². The largest absolute Gasteiger partial charge is 0.497 e. The van der Waals surface area contributed by atoms with Crippen molar-refractivity contribution in [3.05, 3.63) is 138 Å². The van der Waals surface area contributed by atoms with Crippen molar-refractivity contribution in [3.8, 4) is 5.75 Å². The molecule has 4 aromatic carbocycles. The van der Waals surface area contributed by atoms with E-state index in [9.17, 15) is 0 Å². The summed E-state index contributed by atoms with van der Waals surface area (Å²) in [5.74, 6) is 2.20. The number of para-hydroxylation sites is 1. The average molecular weight is 462 g/mol. The van der Waals surface area contributed by atoms with Crippen LogP contribution in [0.4, 0.5) is 0 Å². The third-order valence-corrected chi connectivity index (χ3v) is 6.56. The second-order valence-corrected chi connectivity index (χ2v) is 8.96. The number of furan rings is 1. The first-order valence-corrected chi connectivity index (χ1v) is 12.2. The average Bonchev–Trinajstić information content (AvgIpc) is 3.35. The predicted molar refractivity (Wildman–Crippen MR) is 143 cm³/mol. The predicted octanol–water partition coefficient (Wildman–Crippen LogP) is 7.32. The molecule has 1 heterocycles. The molecule has 0 radical (unpaired) electrons. The Morgan fingerprint density at radius 3 is 2.00 bits per heavy atom. The summed E-state index contributed by atoms with van der Waals surface area (Å²) in [5.41, 5.74) is 4.90. The zero-order chi connectivity index (χ0) is 23.9. The highest BCUT2D eigenvalue weighted by molar-refractivity contribution is 5.77. The van der Waals surface area contributed by atoms with Gasteiger partial charge in [-0.05, 0) is 41.0 Å². The highest BCUT2D eigenvalue weighted by Gasteiger charge is 2.19. The zero-order valence-corrected chi connectivity index (χ0v) is 20.1. The number of nitrogens with zero attached hydrogens (tertiary/aromatic N) is 1. The molecule has 0 spiro atoms. The molecule has 0 amide bonds. The summed E-state index contributed by atoms with van der Waals surface area (Å²) in [4.78, 5) is 2.54. The first kappa shape index (κ1) is 22.9. The first-order chi connectivity index (χ1) is 17.3. The van der Waals surface area contributed by atoms with Crippen molar-refractivity contribution in [1.82, 2.24) is 4.90 Å². The van der Waals surface area contributed by atoms with Crippen LogP contribution in [0.2, 0.25) is 0 Å². The number of hydrogen-bond donors (Lipinski definition) is 0. The number of rotatable bonds is 10. The molecule has 35 heavy (non-hydrogen) atoms. The van der Waals surface area contributed by atoms with Crippen molar-refractivity contribution in [3.63, 3.8) is 0 Å². The molecule has 0 saturated heterocycles. The Morgan fingerprint density at radius 1 is 0.743 bits per heavy atom. The van der Waals surface area contributed by atoms with E-state index in [1.54, 1.807) is 7.11 Å². The van der Waals surface area contributed by atoms with Crippen LogP contribution in [-0.4, -0.2) is 25.1 Å². The molecule has 5 aromatic rings. The van der Waals surface area contributed by atoms with Gasteiger partial charge in [0.1, 0.15) is 17.1 Å². The normalized spacial score (nSPS) is 11.4. The van der Waals surface area contributed by atoms with E-state index in [0.717, 1.165) is 48.5 Å². The SMILES string of the molecule is COc1ccc(CN(CCc2cc3ccccc3o2)CC(c2ccccc2)c2ccccc2)cc1. The van der Waals surface area contributed by atoms with Crippen LogP contribution in [-0.2, 0) is 13.0 Å². The third kappa shape index (κ3) is 5.82. The molecule has 5 rings (SSSR count). The molecule has 0 aliphatic rings. The van der Waals surface area contributed by atoms with Crippen molar-refractivity contribution in [1.29, 1.82) is 0 Å². The van der Waals surface area contributed by atoms with Gasteiger partial charge >= 0.3 is 0 Å². The number of fused-ring (bicyclic) bond motifs is 1. The molecule has 0 unspecified atom stereocenters. The van der Waals surface area contributed by atoms with E-state index in [1.807, 2.05) is 24.3 Å². The zero-order valence-electron chi connectivity index (χ0n) is 20.1. The second kappa shape index (κ2) is 11.1.